The first-order chi connectivity index (χ1) is 12.8. The summed E-state index contributed by atoms with van der Waals surface area (Å²) in [5.74, 6) is 1.43. The highest BCUT2D eigenvalue weighted by Gasteiger charge is 2.27. The molecule has 0 spiro atoms. The highest BCUT2D eigenvalue weighted by atomic mass is 16.5. The molecule has 6 heteroatoms. The molecule has 1 aliphatic rings. The molecule has 3 heterocycles. The van der Waals surface area contributed by atoms with E-state index in [1.807, 2.05) is 41.8 Å². The van der Waals surface area contributed by atoms with Crippen LogP contribution in [-0.2, 0) is 16.1 Å². The molecule has 1 amide bonds. The zero-order valence-electron chi connectivity index (χ0n) is 15.5. The van der Waals surface area contributed by atoms with Gasteiger partial charge < -0.3 is 14.2 Å². The lowest BCUT2D eigenvalue weighted by atomic mass is 9.97. The summed E-state index contributed by atoms with van der Waals surface area (Å²) in [5, 5.41) is 0. The lowest BCUT2D eigenvalue weighted by Crippen LogP contribution is -2.41. The standard InChI is InChI=1S/C20H28N4O2/c1-2-3-13-26-16-19(25)23-11-4-5-18(15-23)20-22-10-12-24(20)14-17-6-8-21-9-7-17/h6-10,12,18H,2-5,11,13-16H2,1H3/t18-/m1/s1. The monoisotopic (exact) mass is 356 g/mol. The minimum absolute atomic E-state index is 0.0954. The molecule has 1 saturated heterocycles. The first kappa shape index (κ1) is 18.6. The zero-order chi connectivity index (χ0) is 18.2. The van der Waals surface area contributed by atoms with Crippen molar-refractivity contribution in [1.82, 2.24) is 19.4 Å². The van der Waals surface area contributed by atoms with E-state index in [2.05, 4.69) is 21.5 Å². The van der Waals surface area contributed by atoms with Gasteiger partial charge in [0.2, 0.25) is 5.91 Å². The predicted octanol–water partition coefficient (Wildman–Crippen LogP) is 2.85. The number of ether oxygens (including phenoxy) is 1. The first-order valence-electron chi connectivity index (χ1n) is 9.53. The van der Waals surface area contributed by atoms with E-state index in [1.165, 1.54) is 5.56 Å². The quantitative estimate of drug-likeness (QED) is 0.683. The van der Waals surface area contributed by atoms with E-state index in [4.69, 9.17) is 4.74 Å². The van der Waals surface area contributed by atoms with Crippen LogP contribution in [0, 0.1) is 0 Å². The molecule has 0 unspecified atom stereocenters. The molecule has 0 aliphatic carbocycles. The molecule has 2 aromatic heterocycles. The number of carbonyl (C=O) groups excluding carboxylic acids is 1. The molecule has 0 bridgehead atoms. The van der Waals surface area contributed by atoms with Crippen molar-refractivity contribution in [2.24, 2.45) is 0 Å². The number of unbranched alkanes of at least 4 members (excludes halogenated alkanes) is 1. The minimum Gasteiger partial charge on any atom is -0.372 e. The second-order valence-electron chi connectivity index (χ2n) is 6.85. The van der Waals surface area contributed by atoms with Crippen LogP contribution in [0.2, 0.25) is 0 Å². The third-order valence-electron chi connectivity index (χ3n) is 4.86. The van der Waals surface area contributed by atoms with Crippen molar-refractivity contribution < 1.29 is 9.53 Å². The van der Waals surface area contributed by atoms with Gasteiger partial charge in [0.05, 0.1) is 0 Å². The van der Waals surface area contributed by atoms with Crippen LogP contribution in [0.4, 0.5) is 0 Å². The number of amides is 1. The number of rotatable bonds is 8. The molecule has 1 aliphatic heterocycles. The van der Waals surface area contributed by atoms with Gasteiger partial charge in [-0.05, 0) is 37.0 Å². The van der Waals surface area contributed by atoms with E-state index in [0.717, 1.165) is 51.1 Å². The Bertz CT molecular complexity index is 686. The van der Waals surface area contributed by atoms with E-state index in [-0.39, 0.29) is 18.4 Å². The molecule has 0 aromatic carbocycles. The molecule has 26 heavy (non-hydrogen) atoms. The van der Waals surface area contributed by atoms with Crippen LogP contribution in [0.15, 0.2) is 36.9 Å². The maximum atomic E-state index is 12.4. The third-order valence-corrected chi connectivity index (χ3v) is 4.86. The van der Waals surface area contributed by atoms with Crippen molar-refractivity contribution in [3.8, 4) is 0 Å². The minimum atomic E-state index is 0.0954. The zero-order valence-corrected chi connectivity index (χ0v) is 15.5. The Morgan fingerprint density at radius 2 is 2.15 bits per heavy atom. The highest BCUT2D eigenvalue weighted by molar-refractivity contribution is 5.77. The molecule has 1 atom stereocenters. The number of piperidine rings is 1. The van der Waals surface area contributed by atoms with E-state index >= 15 is 0 Å². The van der Waals surface area contributed by atoms with Crippen LogP contribution in [-0.4, -0.2) is 51.6 Å². The Labute approximate surface area is 155 Å². The Kier molecular flexibility index (Phi) is 6.77. The lowest BCUT2D eigenvalue weighted by molar-refractivity contribution is -0.137. The van der Waals surface area contributed by atoms with Gasteiger partial charge >= 0.3 is 0 Å². The number of hydrogen-bond acceptors (Lipinski definition) is 4. The lowest BCUT2D eigenvalue weighted by Gasteiger charge is -2.32. The number of pyridine rings is 1. The van der Waals surface area contributed by atoms with Crippen molar-refractivity contribution in [3.05, 3.63) is 48.3 Å². The molecule has 140 valence electrons. The van der Waals surface area contributed by atoms with Crippen molar-refractivity contribution in [2.75, 3.05) is 26.3 Å². The molecule has 3 rings (SSSR count). The molecular weight excluding hydrogens is 328 g/mol. The van der Waals surface area contributed by atoms with Crippen molar-refractivity contribution in [1.29, 1.82) is 0 Å². The van der Waals surface area contributed by atoms with Crippen LogP contribution in [0.1, 0.15) is 49.9 Å². The fourth-order valence-electron chi connectivity index (χ4n) is 3.41. The third kappa shape index (κ3) is 4.91. The summed E-state index contributed by atoms with van der Waals surface area (Å²) in [5.41, 5.74) is 1.20. The molecule has 6 nitrogen and oxygen atoms in total. The largest absolute Gasteiger partial charge is 0.372 e. The van der Waals surface area contributed by atoms with Gasteiger partial charge in [-0.15, -0.1) is 0 Å². The second kappa shape index (κ2) is 9.48. The van der Waals surface area contributed by atoms with Crippen LogP contribution >= 0.6 is 0 Å². The van der Waals surface area contributed by atoms with Crippen molar-refractivity contribution in [3.63, 3.8) is 0 Å². The molecule has 0 radical (unpaired) electrons. The summed E-state index contributed by atoms with van der Waals surface area (Å²) in [4.78, 5) is 23.0. The summed E-state index contributed by atoms with van der Waals surface area (Å²) >= 11 is 0. The van der Waals surface area contributed by atoms with E-state index in [9.17, 15) is 4.79 Å². The number of carbonyl (C=O) groups is 1. The molecule has 1 fully saturated rings. The van der Waals surface area contributed by atoms with Crippen LogP contribution < -0.4 is 0 Å². The smallest absolute Gasteiger partial charge is 0.248 e. The maximum Gasteiger partial charge on any atom is 0.248 e. The number of hydrogen-bond donors (Lipinski definition) is 0. The van der Waals surface area contributed by atoms with Crippen molar-refractivity contribution in [2.45, 2.75) is 45.1 Å². The Balaban J connectivity index is 1.59. The Morgan fingerprint density at radius 1 is 1.31 bits per heavy atom. The first-order valence-corrected chi connectivity index (χ1v) is 9.53. The topological polar surface area (TPSA) is 60.2 Å². The summed E-state index contributed by atoms with van der Waals surface area (Å²) in [7, 11) is 0. The van der Waals surface area contributed by atoms with E-state index in [1.54, 1.807) is 0 Å². The summed E-state index contributed by atoms with van der Waals surface area (Å²) in [6.45, 7) is 5.30. The molecular formula is C20H28N4O2. The van der Waals surface area contributed by atoms with Gasteiger partial charge in [0.1, 0.15) is 12.4 Å². The van der Waals surface area contributed by atoms with E-state index in [0.29, 0.717) is 6.61 Å². The summed E-state index contributed by atoms with van der Waals surface area (Å²) in [6.07, 6.45) is 11.6. The summed E-state index contributed by atoms with van der Waals surface area (Å²) in [6, 6.07) is 4.04. The van der Waals surface area contributed by atoms with Gasteiger partial charge in [-0.25, -0.2) is 4.98 Å². The van der Waals surface area contributed by atoms with Crippen LogP contribution in [0.3, 0.4) is 0 Å². The van der Waals surface area contributed by atoms with E-state index < -0.39 is 0 Å². The SMILES string of the molecule is CCCCOCC(=O)N1CCC[C@@H](c2nccn2Cc2ccncc2)C1. The predicted molar refractivity (Wildman–Crippen MR) is 99.8 cm³/mol. The number of nitrogens with zero attached hydrogens (tertiary/aromatic N) is 4. The number of aromatic nitrogens is 3. The Morgan fingerprint density at radius 3 is 2.96 bits per heavy atom. The van der Waals surface area contributed by atoms with Gasteiger partial charge in [-0.1, -0.05) is 13.3 Å². The average molecular weight is 356 g/mol. The van der Waals surface area contributed by atoms with Crippen molar-refractivity contribution >= 4 is 5.91 Å². The van der Waals surface area contributed by atoms with Gasteiger partial charge in [-0.3, -0.25) is 9.78 Å². The van der Waals surface area contributed by atoms with Crippen LogP contribution in [0.25, 0.3) is 0 Å². The van der Waals surface area contributed by atoms with Gasteiger partial charge in [0.15, 0.2) is 0 Å². The number of likely N-dealkylation sites (tertiary alicyclic amines) is 1. The average Bonchev–Trinajstić information content (AvgIpc) is 3.14. The summed E-state index contributed by atoms with van der Waals surface area (Å²) < 4.78 is 7.69. The van der Waals surface area contributed by atoms with Crippen LogP contribution in [0.5, 0.6) is 0 Å². The Hall–Kier alpha value is -2.21. The second-order valence-corrected chi connectivity index (χ2v) is 6.85. The van der Waals surface area contributed by atoms with Gasteiger partial charge in [-0.2, -0.15) is 0 Å². The van der Waals surface area contributed by atoms with Gasteiger partial charge in [0.25, 0.3) is 0 Å². The maximum absolute atomic E-state index is 12.4. The normalized spacial score (nSPS) is 17.4. The fraction of sp³-hybridized carbons (Fsp3) is 0.550. The molecule has 2 aromatic rings. The molecule has 0 N–H and O–H groups in total. The number of imidazole rings is 1. The highest BCUT2D eigenvalue weighted by Crippen LogP contribution is 2.26. The molecule has 0 saturated carbocycles. The van der Waals surface area contributed by atoms with Gasteiger partial charge in [0, 0.05) is 56.9 Å². The fourth-order valence-corrected chi connectivity index (χ4v) is 3.41.